The van der Waals surface area contributed by atoms with E-state index in [0.29, 0.717) is 37.1 Å². The molecular weight excluding hydrogens is 371 g/mol. The Labute approximate surface area is 160 Å². The molecule has 2 aromatic rings. The second-order valence-electron chi connectivity index (χ2n) is 6.58. The van der Waals surface area contributed by atoms with Crippen LogP contribution in [0.25, 0.3) is 0 Å². The zero-order chi connectivity index (χ0) is 20.3. The average Bonchev–Trinajstić information content (AvgIpc) is 2.67. The minimum absolute atomic E-state index is 0.0704. The molecule has 0 aliphatic carbocycles. The molecule has 146 valence electrons. The summed E-state index contributed by atoms with van der Waals surface area (Å²) in [5.74, 6) is 0.0814. The van der Waals surface area contributed by atoms with Gasteiger partial charge in [-0.15, -0.1) is 0 Å². The number of nitrogens with zero attached hydrogens (tertiary/aromatic N) is 4. The fourth-order valence-corrected chi connectivity index (χ4v) is 3.08. The first-order valence-electron chi connectivity index (χ1n) is 8.75. The highest BCUT2D eigenvalue weighted by molar-refractivity contribution is 5.94. The molecule has 0 spiro atoms. The molecule has 3 rings (SSSR count). The predicted molar refractivity (Wildman–Crippen MR) is 95.6 cm³/mol. The number of anilines is 1. The normalized spacial score (nSPS) is 15.2. The number of aromatic nitrogens is 2. The summed E-state index contributed by atoms with van der Waals surface area (Å²) < 4.78 is 38.9. The van der Waals surface area contributed by atoms with Crippen LogP contribution in [-0.2, 0) is 6.18 Å². The van der Waals surface area contributed by atoms with Crippen molar-refractivity contribution in [1.82, 2.24) is 15.3 Å². The molecule has 0 unspecified atom stereocenters. The van der Waals surface area contributed by atoms with Crippen LogP contribution in [0.3, 0.4) is 0 Å². The molecule has 6 nitrogen and oxygen atoms in total. The number of hydrogen-bond donors (Lipinski definition) is 1. The molecule has 1 saturated heterocycles. The van der Waals surface area contributed by atoms with Gasteiger partial charge < -0.3 is 10.2 Å². The Kier molecular flexibility index (Phi) is 5.49. The van der Waals surface area contributed by atoms with Crippen molar-refractivity contribution in [3.8, 4) is 6.07 Å². The van der Waals surface area contributed by atoms with Gasteiger partial charge in [-0.25, -0.2) is 9.97 Å². The summed E-state index contributed by atoms with van der Waals surface area (Å²) in [7, 11) is 0. The van der Waals surface area contributed by atoms with E-state index in [1.54, 1.807) is 29.2 Å². The zero-order valence-corrected chi connectivity index (χ0v) is 15.1. The van der Waals surface area contributed by atoms with Crippen molar-refractivity contribution in [2.45, 2.75) is 32.0 Å². The standard InChI is InChI=1S/C19H18F3N5O/c1-12-24-16(19(20,21)22)10-17(25-12)27-8-6-15(7-9-27)26-18(28)14-4-2-13(11-23)3-5-14/h2-5,10,15H,6-9H2,1H3,(H,26,28). The van der Waals surface area contributed by atoms with Gasteiger partial charge in [0.25, 0.3) is 5.91 Å². The maximum absolute atomic E-state index is 13.0. The second kappa shape index (κ2) is 7.84. The van der Waals surface area contributed by atoms with Crippen LogP contribution in [0.2, 0.25) is 0 Å². The summed E-state index contributed by atoms with van der Waals surface area (Å²) in [5, 5.41) is 11.7. The Bertz CT molecular complexity index is 897. The summed E-state index contributed by atoms with van der Waals surface area (Å²) in [4.78, 5) is 21.7. The molecule has 0 atom stereocenters. The lowest BCUT2D eigenvalue weighted by Gasteiger charge is -2.33. The van der Waals surface area contributed by atoms with E-state index in [4.69, 9.17) is 5.26 Å². The maximum Gasteiger partial charge on any atom is 0.433 e. The smallest absolute Gasteiger partial charge is 0.356 e. The van der Waals surface area contributed by atoms with E-state index in [1.165, 1.54) is 6.92 Å². The third kappa shape index (κ3) is 4.57. The number of halogens is 3. The molecular formula is C19H18F3N5O. The van der Waals surface area contributed by atoms with E-state index in [9.17, 15) is 18.0 Å². The van der Waals surface area contributed by atoms with Crippen LogP contribution in [0.5, 0.6) is 0 Å². The van der Waals surface area contributed by atoms with Gasteiger partial charge in [0.05, 0.1) is 11.6 Å². The van der Waals surface area contributed by atoms with Crippen molar-refractivity contribution in [1.29, 1.82) is 5.26 Å². The molecule has 0 saturated carbocycles. The molecule has 28 heavy (non-hydrogen) atoms. The first-order valence-corrected chi connectivity index (χ1v) is 8.75. The molecule has 1 aromatic carbocycles. The molecule has 1 fully saturated rings. The SMILES string of the molecule is Cc1nc(N2CCC(NC(=O)c3ccc(C#N)cc3)CC2)cc(C(F)(F)F)n1. The van der Waals surface area contributed by atoms with Crippen LogP contribution in [-0.4, -0.2) is 35.0 Å². The first-order chi connectivity index (χ1) is 13.3. The minimum atomic E-state index is -4.52. The number of alkyl halides is 3. The summed E-state index contributed by atoms with van der Waals surface area (Å²) in [6.45, 7) is 2.39. The Balaban J connectivity index is 1.61. The summed E-state index contributed by atoms with van der Waals surface area (Å²) in [6, 6.07) is 9.21. The lowest BCUT2D eigenvalue weighted by Crippen LogP contribution is -2.45. The Morgan fingerprint density at radius 1 is 1.21 bits per heavy atom. The van der Waals surface area contributed by atoms with Gasteiger partial charge in [0, 0.05) is 30.8 Å². The first kappa shape index (κ1) is 19.6. The molecule has 2 heterocycles. The number of hydrogen-bond acceptors (Lipinski definition) is 5. The molecule has 1 aliphatic rings. The van der Waals surface area contributed by atoms with E-state index in [-0.39, 0.29) is 23.6 Å². The highest BCUT2D eigenvalue weighted by atomic mass is 19.4. The maximum atomic E-state index is 13.0. The number of aryl methyl sites for hydroxylation is 1. The Morgan fingerprint density at radius 3 is 2.43 bits per heavy atom. The predicted octanol–water partition coefficient (Wildman–Crippen LogP) is 3.07. The number of nitrogens with one attached hydrogen (secondary N) is 1. The van der Waals surface area contributed by atoms with Gasteiger partial charge in [0.15, 0.2) is 0 Å². The zero-order valence-electron chi connectivity index (χ0n) is 15.1. The number of piperidine rings is 1. The molecule has 0 bridgehead atoms. The lowest BCUT2D eigenvalue weighted by atomic mass is 10.0. The fourth-order valence-electron chi connectivity index (χ4n) is 3.08. The van der Waals surface area contributed by atoms with Crippen molar-refractivity contribution in [2.24, 2.45) is 0 Å². The van der Waals surface area contributed by atoms with Gasteiger partial charge in [0.2, 0.25) is 0 Å². The summed E-state index contributed by atoms with van der Waals surface area (Å²) >= 11 is 0. The number of amides is 1. The van der Waals surface area contributed by atoms with Gasteiger partial charge in [0.1, 0.15) is 17.3 Å². The van der Waals surface area contributed by atoms with Crippen molar-refractivity contribution in [3.05, 3.63) is 53.0 Å². The largest absolute Gasteiger partial charge is 0.433 e. The van der Waals surface area contributed by atoms with Gasteiger partial charge in [-0.3, -0.25) is 4.79 Å². The fraction of sp³-hybridized carbons (Fsp3) is 0.368. The highest BCUT2D eigenvalue weighted by Gasteiger charge is 2.34. The molecule has 9 heteroatoms. The van der Waals surface area contributed by atoms with Gasteiger partial charge in [-0.2, -0.15) is 18.4 Å². The summed E-state index contributed by atoms with van der Waals surface area (Å²) in [5.41, 5.74) is -0.0165. The van der Waals surface area contributed by atoms with Crippen LogP contribution < -0.4 is 10.2 Å². The van der Waals surface area contributed by atoms with Crippen molar-refractivity contribution in [2.75, 3.05) is 18.0 Å². The van der Waals surface area contributed by atoms with Crippen molar-refractivity contribution < 1.29 is 18.0 Å². The lowest BCUT2D eigenvalue weighted by molar-refractivity contribution is -0.141. The van der Waals surface area contributed by atoms with Gasteiger partial charge in [-0.05, 0) is 44.0 Å². The molecule has 0 radical (unpaired) electrons. The number of carbonyl (C=O) groups is 1. The number of nitriles is 1. The van der Waals surface area contributed by atoms with Gasteiger partial charge in [-0.1, -0.05) is 0 Å². The van der Waals surface area contributed by atoms with E-state index < -0.39 is 11.9 Å². The van der Waals surface area contributed by atoms with Crippen LogP contribution >= 0.6 is 0 Å². The van der Waals surface area contributed by atoms with Crippen LogP contribution in [0.15, 0.2) is 30.3 Å². The Hall–Kier alpha value is -3.15. The van der Waals surface area contributed by atoms with Gasteiger partial charge >= 0.3 is 6.18 Å². The summed E-state index contributed by atoms with van der Waals surface area (Å²) in [6.07, 6.45) is -3.34. The van der Waals surface area contributed by atoms with E-state index in [0.717, 1.165) is 6.07 Å². The monoisotopic (exact) mass is 389 g/mol. The molecule has 1 aliphatic heterocycles. The van der Waals surface area contributed by atoms with Crippen LogP contribution in [0, 0.1) is 18.3 Å². The van der Waals surface area contributed by atoms with E-state index in [1.807, 2.05) is 6.07 Å². The average molecular weight is 389 g/mol. The highest BCUT2D eigenvalue weighted by Crippen LogP contribution is 2.30. The van der Waals surface area contributed by atoms with Crippen LogP contribution in [0.1, 0.15) is 40.3 Å². The Morgan fingerprint density at radius 2 is 1.86 bits per heavy atom. The van der Waals surface area contributed by atoms with Crippen molar-refractivity contribution in [3.63, 3.8) is 0 Å². The number of carbonyl (C=O) groups excluding carboxylic acids is 1. The third-order valence-electron chi connectivity index (χ3n) is 4.55. The third-order valence-corrected chi connectivity index (χ3v) is 4.55. The second-order valence-corrected chi connectivity index (χ2v) is 6.58. The number of benzene rings is 1. The van der Waals surface area contributed by atoms with Crippen molar-refractivity contribution >= 4 is 11.7 Å². The van der Waals surface area contributed by atoms with E-state index >= 15 is 0 Å². The molecule has 1 amide bonds. The molecule has 1 N–H and O–H groups in total. The molecule has 1 aromatic heterocycles. The topological polar surface area (TPSA) is 81.9 Å². The quantitative estimate of drug-likeness (QED) is 0.873. The number of rotatable bonds is 3. The minimum Gasteiger partial charge on any atom is -0.356 e. The van der Waals surface area contributed by atoms with E-state index in [2.05, 4.69) is 15.3 Å². The van der Waals surface area contributed by atoms with Crippen LogP contribution in [0.4, 0.5) is 19.0 Å².